The highest BCUT2D eigenvalue weighted by atomic mass is 79.9. The predicted molar refractivity (Wildman–Crippen MR) is 73.1 cm³/mol. The van der Waals surface area contributed by atoms with Crippen molar-refractivity contribution in [2.75, 3.05) is 0 Å². The smallest absolute Gasteiger partial charge is 0.116 e. The molecule has 1 saturated carbocycles. The SMILES string of the molecule is Brc1ccc2ncnc(C3CCCCC3)c2c1. The quantitative estimate of drug-likeness (QED) is 0.776. The van der Waals surface area contributed by atoms with Gasteiger partial charge in [0.05, 0.1) is 11.2 Å². The number of hydrogen-bond acceptors (Lipinski definition) is 2. The van der Waals surface area contributed by atoms with E-state index in [4.69, 9.17) is 0 Å². The van der Waals surface area contributed by atoms with Crippen molar-refractivity contribution < 1.29 is 0 Å². The molecule has 1 aliphatic carbocycles. The first-order valence-electron chi connectivity index (χ1n) is 6.25. The molecule has 0 saturated heterocycles. The molecule has 0 amide bonds. The van der Waals surface area contributed by atoms with E-state index in [1.165, 1.54) is 43.2 Å². The van der Waals surface area contributed by atoms with Crippen LogP contribution < -0.4 is 0 Å². The van der Waals surface area contributed by atoms with E-state index in [1.54, 1.807) is 6.33 Å². The molecule has 0 bridgehead atoms. The zero-order chi connectivity index (χ0) is 11.7. The second-order valence-electron chi connectivity index (χ2n) is 4.76. The van der Waals surface area contributed by atoms with Gasteiger partial charge in [-0.15, -0.1) is 0 Å². The van der Waals surface area contributed by atoms with Crippen LogP contribution in [0, 0.1) is 0 Å². The fourth-order valence-corrected chi connectivity index (χ4v) is 3.11. The molecule has 1 heterocycles. The van der Waals surface area contributed by atoms with Crippen molar-refractivity contribution in [3.8, 4) is 0 Å². The first-order valence-corrected chi connectivity index (χ1v) is 7.04. The number of rotatable bonds is 1. The third-order valence-electron chi connectivity index (χ3n) is 3.62. The van der Waals surface area contributed by atoms with Gasteiger partial charge in [-0.2, -0.15) is 0 Å². The molecule has 3 rings (SSSR count). The maximum Gasteiger partial charge on any atom is 0.116 e. The third kappa shape index (κ3) is 2.21. The standard InChI is InChI=1S/C14H15BrN2/c15-11-6-7-13-12(8-11)14(17-9-16-13)10-4-2-1-3-5-10/h6-10H,1-5H2. The Kier molecular flexibility index (Phi) is 3.10. The molecule has 1 fully saturated rings. The second kappa shape index (κ2) is 4.73. The van der Waals surface area contributed by atoms with E-state index in [1.807, 2.05) is 6.07 Å². The molecule has 0 N–H and O–H groups in total. The summed E-state index contributed by atoms with van der Waals surface area (Å²) in [4.78, 5) is 8.89. The minimum absolute atomic E-state index is 0.628. The zero-order valence-corrected chi connectivity index (χ0v) is 11.3. The lowest BCUT2D eigenvalue weighted by Gasteiger charge is -2.22. The molecule has 1 aromatic carbocycles. The van der Waals surface area contributed by atoms with E-state index in [-0.39, 0.29) is 0 Å². The number of aromatic nitrogens is 2. The monoisotopic (exact) mass is 290 g/mol. The normalized spacial score (nSPS) is 17.5. The number of hydrogen-bond donors (Lipinski definition) is 0. The van der Waals surface area contributed by atoms with Gasteiger partial charge >= 0.3 is 0 Å². The van der Waals surface area contributed by atoms with Crippen molar-refractivity contribution in [2.24, 2.45) is 0 Å². The molecule has 0 unspecified atom stereocenters. The molecule has 88 valence electrons. The summed E-state index contributed by atoms with van der Waals surface area (Å²) in [6, 6.07) is 6.26. The van der Waals surface area contributed by atoms with Crippen molar-refractivity contribution in [1.29, 1.82) is 0 Å². The number of halogens is 1. The van der Waals surface area contributed by atoms with Crippen LogP contribution in [-0.4, -0.2) is 9.97 Å². The molecule has 1 aliphatic rings. The largest absolute Gasteiger partial charge is 0.240 e. The molecular weight excluding hydrogens is 276 g/mol. The molecule has 0 aliphatic heterocycles. The first kappa shape index (κ1) is 11.1. The highest BCUT2D eigenvalue weighted by molar-refractivity contribution is 9.10. The van der Waals surface area contributed by atoms with E-state index in [9.17, 15) is 0 Å². The van der Waals surface area contributed by atoms with Crippen molar-refractivity contribution >= 4 is 26.8 Å². The summed E-state index contributed by atoms with van der Waals surface area (Å²) in [6.07, 6.45) is 8.31. The van der Waals surface area contributed by atoms with Gasteiger partial charge in [0.25, 0.3) is 0 Å². The van der Waals surface area contributed by atoms with Crippen LogP contribution in [0.2, 0.25) is 0 Å². The summed E-state index contributed by atoms with van der Waals surface area (Å²) in [6.45, 7) is 0. The highest BCUT2D eigenvalue weighted by Crippen LogP contribution is 2.35. The van der Waals surface area contributed by atoms with Gasteiger partial charge in [0, 0.05) is 15.8 Å². The molecule has 0 spiro atoms. The van der Waals surface area contributed by atoms with Crippen molar-refractivity contribution in [3.63, 3.8) is 0 Å². The first-order chi connectivity index (χ1) is 8.34. The average Bonchev–Trinajstić information content (AvgIpc) is 2.39. The van der Waals surface area contributed by atoms with Gasteiger partial charge in [-0.1, -0.05) is 35.2 Å². The van der Waals surface area contributed by atoms with Crippen LogP contribution in [0.1, 0.15) is 43.7 Å². The summed E-state index contributed by atoms with van der Waals surface area (Å²) in [5.41, 5.74) is 2.31. The highest BCUT2D eigenvalue weighted by Gasteiger charge is 2.19. The average molecular weight is 291 g/mol. The molecule has 0 radical (unpaired) electrons. The lowest BCUT2D eigenvalue weighted by molar-refractivity contribution is 0.438. The molecule has 17 heavy (non-hydrogen) atoms. The Morgan fingerprint density at radius 3 is 2.71 bits per heavy atom. The van der Waals surface area contributed by atoms with Gasteiger partial charge in [0.15, 0.2) is 0 Å². The molecule has 1 aromatic heterocycles. The molecule has 3 heteroatoms. The Bertz CT molecular complexity index is 533. The summed E-state index contributed by atoms with van der Waals surface area (Å²) in [7, 11) is 0. The van der Waals surface area contributed by atoms with E-state index >= 15 is 0 Å². The maximum atomic E-state index is 4.54. The number of benzene rings is 1. The topological polar surface area (TPSA) is 25.8 Å². The van der Waals surface area contributed by atoms with E-state index in [2.05, 4.69) is 38.0 Å². The Labute approximate surface area is 110 Å². The number of nitrogens with zero attached hydrogens (tertiary/aromatic N) is 2. The van der Waals surface area contributed by atoms with Crippen molar-refractivity contribution in [1.82, 2.24) is 9.97 Å². The van der Waals surface area contributed by atoms with E-state index in [0.29, 0.717) is 5.92 Å². The molecule has 0 atom stereocenters. The minimum atomic E-state index is 0.628. The van der Waals surface area contributed by atoms with Crippen molar-refractivity contribution in [3.05, 3.63) is 34.7 Å². The fraction of sp³-hybridized carbons (Fsp3) is 0.429. The molecule has 2 nitrogen and oxygen atoms in total. The van der Waals surface area contributed by atoms with Crippen LogP contribution in [0.15, 0.2) is 29.0 Å². The Morgan fingerprint density at radius 2 is 1.88 bits per heavy atom. The van der Waals surface area contributed by atoms with Crippen LogP contribution >= 0.6 is 15.9 Å². The summed E-state index contributed by atoms with van der Waals surface area (Å²) >= 11 is 3.54. The van der Waals surface area contributed by atoms with Crippen LogP contribution in [0.3, 0.4) is 0 Å². The van der Waals surface area contributed by atoms with E-state index in [0.717, 1.165) is 9.99 Å². The predicted octanol–water partition coefficient (Wildman–Crippen LogP) is 4.44. The number of fused-ring (bicyclic) bond motifs is 1. The second-order valence-corrected chi connectivity index (χ2v) is 5.67. The summed E-state index contributed by atoms with van der Waals surface area (Å²) < 4.78 is 1.11. The van der Waals surface area contributed by atoms with Gasteiger partial charge in [-0.25, -0.2) is 9.97 Å². The third-order valence-corrected chi connectivity index (χ3v) is 4.11. The van der Waals surface area contributed by atoms with Gasteiger partial charge in [0.2, 0.25) is 0 Å². The fourth-order valence-electron chi connectivity index (χ4n) is 2.75. The summed E-state index contributed by atoms with van der Waals surface area (Å²) in [5, 5.41) is 1.22. The molecular formula is C14H15BrN2. The van der Waals surface area contributed by atoms with Crippen LogP contribution in [0.4, 0.5) is 0 Å². The van der Waals surface area contributed by atoms with Gasteiger partial charge in [-0.05, 0) is 31.0 Å². The van der Waals surface area contributed by atoms with Gasteiger partial charge in [-0.3, -0.25) is 0 Å². The van der Waals surface area contributed by atoms with Crippen LogP contribution in [0.25, 0.3) is 10.9 Å². The van der Waals surface area contributed by atoms with Gasteiger partial charge < -0.3 is 0 Å². The van der Waals surface area contributed by atoms with Crippen LogP contribution in [-0.2, 0) is 0 Å². The Balaban J connectivity index is 2.11. The lowest BCUT2D eigenvalue weighted by Crippen LogP contribution is -2.07. The zero-order valence-electron chi connectivity index (χ0n) is 9.69. The van der Waals surface area contributed by atoms with Gasteiger partial charge in [0.1, 0.15) is 6.33 Å². The van der Waals surface area contributed by atoms with Crippen LogP contribution in [0.5, 0.6) is 0 Å². The van der Waals surface area contributed by atoms with E-state index < -0.39 is 0 Å². The maximum absolute atomic E-state index is 4.54. The van der Waals surface area contributed by atoms with Crippen molar-refractivity contribution in [2.45, 2.75) is 38.0 Å². The molecule has 2 aromatic rings. The minimum Gasteiger partial charge on any atom is -0.240 e. The summed E-state index contributed by atoms with van der Waals surface area (Å²) in [5.74, 6) is 0.628. The lowest BCUT2D eigenvalue weighted by atomic mass is 9.85. The Hall–Kier alpha value is -0.960. The Morgan fingerprint density at radius 1 is 1.06 bits per heavy atom.